The number of piperazine rings is 1. The average molecular weight is 251 g/mol. The van der Waals surface area contributed by atoms with Crippen LogP contribution in [0.15, 0.2) is 24.3 Å². The first-order valence-electron chi connectivity index (χ1n) is 5.59. The number of carbonyl (C=O) groups excluding carboxylic acids is 1. The number of hydrogen-bond donors (Lipinski definition) is 1. The van der Waals surface area contributed by atoms with Gasteiger partial charge in [0.15, 0.2) is 0 Å². The van der Waals surface area contributed by atoms with Crippen LogP contribution < -0.4 is 10.1 Å². The molecule has 1 saturated heterocycles. The predicted molar refractivity (Wildman–Crippen MR) is 63.6 cm³/mol. The molecular formula is C11H13N3O4. The number of ether oxygens (including phenoxy) is 1. The van der Waals surface area contributed by atoms with Crippen LogP contribution in [0.3, 0.4) is 0 Å². The van der Waals surface area contributed by atoms with E-state index in [-0.39, 0.29) is 5.69 Å². The average Bonchev–Trinajstić information content (AvgIpc) is 2.40. The summed E-state index contributed by atoms with van der Waals surface area (Å²) in [5.74, 6) is 0.309. The van der Waals surface area contributed by atoms with E-state index in [9.17, 15) is 14.9 Å². The fourth-order valence-corrected chi connectivity index (χ4v) is 1.65. The van der Waals surface area contributed by atoms with E-state index >= 15 is 0 Å². The van der Waals surface area contributed by atoms with Crippen molar-refractivity contribution >= 4 is 11.8 Å². The molecule has 1 fully saturated rings. The van der Waals surface area contributed by atoms with E-state index in [0.29, 0.717) is 18.8 Å². The molecule has 2 rings (SSSR count). The van der Waals surface area contributed by atoms with Gasteiger partial charge in [0.25, 0.3) is 5.69 Å². The summed E-state index contributed by atoms with van der Waals surface area (Å²) in [6.45, 7) is 2.70. The van der Waals surface area contributed by atoms with Crippen molar-refractivity contribution in [3.63, 3.8) is 0 Å². The summed E-state index contributed by atoms with van der Waals surface area (Å²) in [6.07, 6.45) is -0.426. The smallest absolute Gasteiger partial charge is 0.410 e. The Balaban J connectivity index is 1.96. The molecule has 7 heteroatoms. The predicted octanol–water partition coefficient (Wildman–Crippen LogP) is 0.999. The Morgan fingerprint density at radius 3 is 2.44 bits per heavy atom. The molecule has 18 heavy (non-hydrogen) atoms. The number of non-ortho nitro benzene ring substituents is 1. The van der Waals surface area contributed by atoms with Crippen LogP contribution in [0, 0.1) is 10.1 Å². The molecule has 1 heterocycles. The maximum absolute atomic E-state index is 11.7. The number of hydrogen-bond acceptors (Lipinski definition) is 5. The van der Waals surface area contributed by atoms with Crippen LogP contribution in [0.25, 0.3) is 0 Å². The number of carbonyl (C=O) groups is 1. The lowest BCUT2D eigenvalue weighted by Gasteiger charge is -2.26. The lowest BCUT2D eigenvalue weighted by molar-refractivity contribution is -0.384. The highest BCUT2D eigenvalue weighted by atomic mass is 16.6. The van der Waals surface area contributed by atoms with Gasteiger partial charge in [-0.15, -0.1) is 0 Å². The van der Waals surface area contributed by atoms with Crippen LogP contribution >= 0.6 is 0 Å². The molecule has 0 aliphatic carbocycles. The molecule has 1 N–H and O–H groups in total. The van der Waals surface area contributed by atoms with Gasteiger partial charge < -0.3 is 15.0 Å². The first-order chi connectivity index (χ1) is 8.66. The topological polar surface area (TPSA) is 84.7 Å². The van der Waals surface area contributed by atoms with E-state index < -0.39 is 11.0 Å². The van der Waals surface area contributed by atoms with Gasteiger partial charge in [0.1, 0.15) is 5.75 Å². The standard InChI is InChI=1S/C11H13N3O4/c15-11(13-7-5-12-6-8-13)18-10-3-1-9(2-4-10)14(16)17/h1-4,12H,5-8H2. The summed E-state index contributed by atoms with van der Waals surface area (Å²) in [5, 5.41) is 13.6. The fourth-order valence-electron chi connectivity index (χ4n) is 1.65. The Kier molecular flexibility index (Phi) is 3.73. The van der Waals surface area contributed by atoms with Crippen molar-refractivity contribution in [2.75, 3.05) is 26.2 Å². The number of nitro groups is 1. The van der Waals surface area contributed by atoms with Crippen LogP contribution in [0.4, 0.5) is 10.5 Å². The third-order valence-corrected chi connectivity index (χ3v) is 2.63. The van der Waals surface area contributed by atoms with Crippen molar-refractivity contribution in [1.29, 1.82) is 0 Å². The van der Waals surface area contributed by atoms with Gasteiger partial charge in [-0.2, -0.15) is 0 Å². The maximum Gasteiger partial charge on any atom is 0.415 e. The van der Waals surface area contributed by atoms with E-state index in [2.05, 4.69) is 5.32 Å². The van der Waals surface area contributed by atoms with Crippen LogP contribution in [0.5, 0.6) is 5.75 Å². The third-order valence-electron chi connectivity index (χ3n) is 2.63. The minimum absolute atomic E-state index is 0.0306. The van der Waals surface area contributed by atoms with Gasteiger partial charge in [-0.3, -0.25) is 10.1 Å². The molecule has 0 spiro atoms. The number of rotatable bonds is 2. The molecule has 96 valence electrons. The fraction of sp³-hybridized carbons (Fsp3) is 0.364. The summed E-state index contributed by atoms with van der Waals surface area (Å²) < 4.78 is 5.13. The number of benzene rings is 1. The van der Waals surface area contributed by atoms with Gasteiger partial charge in [-0.1, -0.05) is 0 Å². The molecule has 1 aromatic rings. The summed E-state index contributed by atoms with van der Waals surface area (Å²) in [6, 6.07) is 5.44. The molecule has 0 unspecified atom stereocenters. The van der Waals surface area contributed by atoms with Crippen molar-refractivity contribution in [1.82, 2.24) is 10.2 Å². The zero-order valence-corrected chi connectivity index (χ0v) is 9.67. The monoisotopic (exact) mass is 251 g/mol. The minimum atomic E-state index is -0.498. The minimum Gasteiger partial charge on any atom is -0.410 e. The summed E-state index contributed by atoms with van der Waals surface area (Å²) in [5.41, 5.74) is -0.0306. The van der Waals surface area contributed by atoms with Gasteiger partial charge in [0.05, 0.1) is 4.92 Å². The summed E-state index contributed by atoms with van der Waals surface area (Å²) >= 11 is 0. The van der Waals surface area contributed by atoms with Crippen molar-refractivity contribution in [3.05, 3.63) is 34.4 Å². The van der Waals surface area contributed by atoms with Crippen LogP contribution in [-0.4, -0.2) is 42.1 Å². The lowest BCUT2D eigenvalue weighted by atomic mass is 10.3. The van der Waals surface area contributed by atoms with E-state index in [1.807, 2.05) is 0 Å². The molecule has 1 aliphatic rings. The molecule has 0 aromatic heterocycles. The van der Waals surface area contributed by atoms with E-state index in [1.165, 1.54) is 24.3 Å². The second-order valence-electron chi connectivity index (χ2n) is 3.86. The van der Waals surface area contributed by atoms with Crippen LogP contribution in [-0.2, 0) is 0 Å². The first-order valence-corrected chi connectivity index (χ1v) is 5.59. The highest BCUT2D eigenvalue weighted by molar-refractivity contribution is 5.70. The third kappa shape index (κ3) is 2.95. The van der Waals surface area contributed by atoms with Crippen molar-refractivity contribution in [2.24, 2.45) is 0 Å². The van der Waals surface area contributed by atoms with Crippen LogP contribution in [0.1, 0.15) is 0 Å². The molecule has 1 aromatic carbocycles. The number of nitrogens with one attached hydrogen (secondary N) is 1. The van der Waals surface area contributed by atoms with Crippen molar-refractivity contribution < 1.29 is 14.5 Å². The Morgan fingerprint density at radius 2 is 1.89 bits per heavy atom. The highest BCUT2D eigenvalue weighted by Gasteiger charge is 2.18. The zero-order chi connectivity index (χ0) is 13.0. The highest BCUT2D eigenvalue weighted by Crippen LogP contribution is 2.18. The molecule has 1 amide bonds. The SMILES string of the molecule is O=C(Oc1ccc([N+](=O)[O-])cc1)N1CCNCC1. The normalized spacial score (nSPS) is 15.2. The molecule has 0 radical (unpaired) electrons. The molecule has 0 atom stereocenters. The molecule has 0 bridgehead atoms. The lowest BCUT2D eigenvalue weighted by Crippen LogP contribution is -2.47. The Morgan fingerprint density at radius 1 is 1.28 bits per heavy atom. The van der Waals surface area contributed by atoms with Gasteiger partial charge >= 0.3 is 6.09 Å². The largest absolute Gasteiger partial charge is 0.415 e. The van der Waals surface area contributed by atoms with Crippen molar-refractivity contribution in [3.8, 4) is 5.75 Å². The quantitative estimate of drug-likeness (QED) is 0.626. The summed E-state index contributed by atoms with van der Waals surface area (Å²) in [7, 11) is 0. The molecule has 0 saturated carbocycles. The molecular weight excluding hydrogens is 238 g/mol. The van der Waals surface area contributed by atoms with E-state index in [1.54, 1.807) is 4.90 Å². The molecule has 1 aliphatic heterocycles. The second kappa shape index (κ2) is 5.46. The zero-order valence-electron chi connectivity index (χ0n) is 9.67. The van der Waals surface area contributed by atoms with Gasteiger partial charge in [-0.05, 0) is 12.1 Å². The van der Waals surface area contributed by atoms with Crippen LogP contribution in [0.2, 0.25) is 0 Å². The second-order valence-corrected chi connectivity index (χ2v) is 3.86. The van der Waals surface area contributed by atoms with Gasteiger partial charge in [-0.25, -0.2) is 4.79 Å². The van der Waals surface area contributed by atoms with E-state index in [0.717, 1.165) is 13.1 Å². The first kappa shape index (κ1) is 12.3. The Bertz CT molecular complexity index is 440. The Labute approximate surface area is 103 Å². The maximum atomic E-state index is 11.7. The van der Waals surface area contributed by atoms with Gasteiger partial charge in [0, 0.05) is 38.3 Å². The van der Waals surface area contributed by atoms with E-state index in [4.69, 9.17) is 4.74 Å². The molecule has 7 nitrogen and oxygen atoms in total. The van der Waals surface area contributed by atoms with Gasteiger partial charge in [0.2, 0.25) is 0 Å². The number of nitrogens with zero attached hydrogens (tertiary/aromatic N) is 2. The Hall–Kier alpha value is -2.15. The number of amides is 1. The number of nitro benzene ring substituents is 1. The van der Waals surface area contributed by atoms with Crippen molar-refractivity contribution in [2.45, 2.75) is 0 Å². The summed E-state index contributed by atoms with van der Waals surface area (Å²) in [4.78, 5) is 23.3.